The maximum Gasteiger partial charge on any atom is 0.222 e. The Morgan fingerprint density at radius 1 is 1.16 bits per heavy atom. The third-order valence-corrected chi connectivity index (χ3v) is 4.69. The Hall–Kier alpha value is -1.99. The van der Waals surface area contributed by atoms with Gasteiger partial charge in [-0.05, 0) is 41.1 Å². The number of carbonyl (C=O) groups is 1. The minimum Gasteiger partial charge on any atom is -0.340 e. The summed E-state index contributed by atoms with van der Waals surface area (Å²) in [5.41, 5.74) is 0.887. The third kappa shape index (κ3) is 4.55. The number of aromatic nitrogens is 4. The summed E-state index contributed by atoms with van der Waals surface area (Å²) in [5, 5.41) is 12.7. The summed E-state index contributed by atoms with van der Waals surface area (Å²) in [4.78, 5) is 16.4. The van der Waals surface area contributed by atoms with Crippen molar-refractivity contribution in [2.24, 2.45) is 0 Å². The van der Waals surface area contributed by atoms with Crippen LogP contribution >= 0.6 is 11.6 Å². The number of hydrogen-bond acceptors (Lipinski definition) is 5. The highest BCUT2D eigenvalue weighted by Crippen LogP contribution is 2.15. The Balaban J connectivity index is 1.57. The van der Waals surface area contributed by atoms with E-state index in [0.29, 0.717) is 18.0 Å². The van der Waals surface area contributed by atoms with Gasteiger partial charge in [-0.2, -0.15) is 4.68 Å². The molecule has 0 saturated carbocycles. The topological polar surface area (TPSA) is 67.2 Å². The molecule has 0 bridgehead atoms. The molecule has 1 saturated heterocycles. The van der Waals surface area contributed by atoms with Crippen LogP contribution in [0.3, 0.4) is 0 Å². The summed E-state index contributed by atoms with van der Waals surface area (Å²) in [6.45, 7) is 5.98. The zero-order chi connectivity index (χ0) is 17.6. The molecule has 1 aliphatic rings. The van der Waals surface area contributed by atoms with Gasteiger partial charge in [-0.3, -0.25) is 9.69 Å². The Bertz CT molecular complexity index is 693. The molecular weight excluding hydrogens is 340 g/mol. The number of rotatable bonds is 6. The smallest absolute Gasteiger partial charge is 0.222 e. The largest absolute Gasteiger partial charge is 0.340 e. The molecule has 1 aliphatic heterocycles. The quantitative estimate of drug-likeness (QED) is 0.787. The average Bonchev–Trinajstić information content (AvgIpc) is 3.09. The van der Waals surface area contributed by atoms with Gasteiger partial charge in [0.05, 0.1) is 12.2 Å². The fourth-order valence-corrected chi connectivity index (χ4v) is 3.05. The molecule has 0 radical (unpaired) electrons. The Morgan fingerprint density at radius 2 is 1.88 bits per heavy atom. The number of carbonyl (C=O) groups excluding carboxylic acids is 1. The molecule has 0 atom stereocenters. The van der Waals surface area contributed by atoms with Crippen LogP contribution in [0.1, 0.15) is 32.0 Å². The Labute approximate surface area is 152 Å². The van der Waals surface area contributed by atoms with Crippen molar-refractivity contribution in [2.45, 2.75) is 32.7 Å². The van der Waals surface area contributed by atoms with Crippen molar-refractivity contribution >= 4 is 17.5 Å². The van der Waals surface area contributed by atoms with Crippen molar-refractivity contribution in [2.75, 3.05) is 26.2 Å². The fraction of sp³-hybridized carbons (Fsp3) is 0.529. The van der Waals surface area contributed by atoms with Crippen molar-refractivity contribution in [1.29, 1.82) is 0 Å². The predicted octanol–water partition coefficient (Wildman–Crippen LogP) is 2.15. The van der Waals surface area contributed by atoms with E-state index < -0.39 is 0 Å². The molecule has 3 rings (SSSR count). The van der Waals surface area contributed by atoms with Gasteiger partial charge in [-0.25, -0.2) is 0 Å². The van der Waals surface area contributed by atoms with Crippen LogP contribution in [-0.2, 0) is 11.3 Å². The first kappa shape index (κ1) is 17.8. The van der Waals surface area contributed by atoms with Crippen LogP contribution < -0.4 is 0 Å². The van der Waals surface area contributed by atoms with Crippen molar-refractivity contribution in [1.82, 2.24) is 30.0 Å². The van der Waals surface area contributed by atoms with E-state index in [1.807, 2.05) is 29.2 Å². The summed E-state index contributed by atoms with van der Waals surface area (Å²) in [6.07, 6.45) is 2.68. The minimum atomic E-state index is 0.271. The summed E-state index contributed by atoms with van der Waals surface area (Å²) in [5.74, 6) is 1.06. The SMILES string of the molecule is CCCCC(=O)N1CCN(Cc2nnnn2-c2ccc(Cl)cc2)CC1. The van der Waals surface area contributed by atoms with Gasteiger partial charge in [0.1, 0.15) is 0 Å². The second kappa shape index (κ2) is 8.40. The zero-order valence-corrected chi connectivity index (χ0v) is 15.2. The monoisotopic (exact) mass is 362 g/mol. The van der Waals surface area contributed by atoms with E-state index in [0.717, 1.165) is 50.5 Å². The molecular formula is C17H23ClN6O. The molecule has 8 heteroatoms. The number of benzene rings is 1. The minimum absolute atomic E-state index is 0.271. The maximum atomic E-state index is 12.1. The van der Waals surface area contributed by atoms with Crippen molar-refractivity contribution in [3.63, 3.8) is 0 Å². The maximum absolute atomic E-state index is 12.1. The van der Waals surface area contributed by atoms with Crippen LogP contribution in [0.4, 0.5) is 0 Å². The second-order valence-corrected chi connectivity index (χ2v) is 6.68. The van der Waals surface area contributed by atoms with E-state index in [1.54, 1.807) is 4.68 Å². The third-order valence-electron chi connectivity index (χ3n) is 4.44. The number of unbranched alkanes of at least 4 members (excludes halogenated alkanes) is 1. The highest BCUT2D eigenvalue weighted by atomic mass is 35.5. The van der Waals surface area contributed by atoms with E-state index in [9.17, 15) is 4.79 Å². The molecule has 1 fully saturated rings. The average molecular weight is 363 g/mol. The van der Waals surface area contributed by atoms with E-state index in [-0.39, 0.29) is 5.91 Å². The van der Waals surface area contributed by atoms with Crippen molar-refractivity contribution in [3.05, 3.63) is 35.1 Å². The number of piperazine rings is 1. The number of halogens is 1. The normalized spacial score (nSPS) is 15.5. The van der Waals surface area contributed by atoms with E-state index in [2.05, 4.69) is 27.3 Å². The molecule has 2 aromatic rings. The highest BCUT2D eigenvalue weighted by molar-refractivity contribution is 6.30. The van der Waals surface area contributed by atoms with Crippen LogP contribution in [0.25, 0.3) is 5.69 Å². The number of hydrogen-bond donors (Lipinski definition) is 0. The molecule has 134 valence electrons. The lowest BCUT2D eigenvalue weighted by Gasteiger charge is -2.34. The number of amides is 1. The van der Waals surface area contributed by atoms with Gasteiger partial charge in [0.2, 0.25) is 5.91 Å². The number of nitrogens with zero attached hydrogens (tertiary/aromatic N) is 6. The van der Waals surface area contributed by atoms with Gasteiger partial charge in [-0.1, -0.05) is 24.9 Å². The summed E-state index contributed by atoms with van der Waals surface area (Å²) >= 11 is 5.94. The van der Waals surface area contributed by atoms with Crippen molar-refractivity contribution < 1.29 is 4.79 Å². The zero-order valence-electron chi connectivity index (χ0n) is 14.4. The first-order chi connectivity index (χ1) is 12.2. The lowest BCUT2D eigenvalue weighted by Crippen LogP contribution is -2.48. The molecule has 0 N–H and O–H groups in total. The van der Waals surface area contributed by atoms with Gasteiger partial charge in [0.15, 0.2) is 5.82 Å². The molecule has 0 spiro atoms. The lowest BCUT2D eigenvalue weighted by molar-refractivity contribution is -0.133. The van der Waals surface area contributed by atoms with Crippen molar-refractivity contribution in [3.8, 4) is 5.69 Å². The van der Waals surface area contributed by atoms with Gasteiger partial charge in [0, 0.05) is 37.6 Å². The van der Waals surface area contributed by atoms with Crippen LogP contribution in [-0.4, -0.2) is 62.1 Å². The molecule has 0 unspecified atom stereocenters. The molecule has 7 nitrogen and oxygen atoms in total. The van der Waals surface area contributed by atoms with Gasteiger partial charge in [-0.15, -0.1) is 5.10 Å². The summed E-state index contributed by atoms with van der Waals surface area (Å²) in [6, 6.07) is 7.44. The van der Waals surface area contributed by atoms with E-state index >= 15 is 0 Å². The standard InChI is InChI=1S/C17H23ClN6O/c1-2-3-4-17(25)23-11-9-22(10-12-23)13-16-19-20-21-24(16)15-7-5-14(18)6-8-15/h5-8H,2-4,9-13H2,1H3. The summed E-state index contributed by atoms with van der Waals surface area (Å²) in [7, 11) is 0. The van der Waals surface area contributed by atoms with Gasteiger partial charge >= 0.3 is 0 Å². The predicted molar refractivity (Wildman–Crippen MR) is 95.5 cm³/mol. The molecule has 0 aliphatic carbocycles. The first-order valence-electron chi connectivity index (χ1n) is 8.70. The number of tetrazole rings is 1. The highest BCUT2D eigenvalue weighted by Gasteiger charge is 2.22. The molecule has 25 heavy (non-hydrogen) atoms. The fourth-order valence-electron chi connectivity index (χ4n) is 2.93. The van der Waals surface area contributed by atoms with Gasteiger partial charge in [0.25, 0.3) is 0 Å². The Kier molecular flexibility index (Phi) is 5.99. The lowest BCUT2D eigenvalue weighted by atomic mass is 10.2. The molecule has 2 heterocycles. The second-order valence-electron chi connectivity index (χ2n) is 6.24. The molecule has 1 aromatic heterocycles. The van der Waals surface area contributed by atoms with Crippen LogP contribution in [0.2, 0.25) is 5.02 Å². The molecule has 1 aromatic carbocycles. The van der Waals surface area contributed by atoms with Crippen LogP contribution in [0.15, 0.2) is 24.3 Å². The van der Waals surface area contributed by atoms with Gasteiger partial charge < -0.3 is 4.90 Å². The van der Waals surface area contributed by atoms with Crippen LogP contribution in [0, 0.1) is 0 Å². The molecule has 1 amide bonds. The van der Waals surface area contributed by atoms with Crippen LogP contribution in [0.5, 0.6) is 0 Å². The Morgan fingerprint density at radius 3 is 2.56 bits per heavy atom. The summed E-state index contributed by atoms with van der Waals surface area (Å²) < 4.78 is 1.73. The van der Waals surface area contributed by atoms with E-state index in [1.165, 1.54) is 0 Å². The first-order valence-corrected chi connectivity index (χ1v) is 9.08. The van der Waals surface area contributed by atoms with E-state index in [4.69, 9.17) is 11.6 Å².